The first kappa shape index (κ1) is 7.89. The first-order valence-electron chi connectivity index (χ1n) is 2.26. The average molecular weight is 136 g/mol. The maximum atomic E-state index is 8.19. The lowest BCUT2D eigenvalue weighted by atomic mass is 10.1. The van der Waals surface area contributed by atoms with E-state index in [2.05, 4.69) is 23.8 Å². The van der Waals surface area contributed by atoms with Gasteiger partial charge in [0.1, 0.15) is 5.92 Å². The summed E-state index contributed by atoms with van der Waals surface area (Å²) >= 11 is 3.59. The second-order valence-electron chi connectivity index (χ2n) is 1.30. The highest BCUT2D eigenvalue weighted by atomic mass is 32.1. The largest absolute Gasteiger partial charge is 0.197 e. The molecule has 0 aliphatic heterocycles. The smallest absolute Gasteiger partial charge is 0.144 e. The Labute approximate surface area is 59.5 Å². The summed E-state index contributed by atoms with van der Waals surface area (Å²) in [6.07, 6.45) is 0.288. The van der Waals surface area contributed by atoms with Crippen molar-refractivity contribution < 1.29 is 0 Å². The van der Waals surface area contributed by atoms with Crippen molar-refractivity contribution in [1.29, 1.82) is 10.5 Å². The molecule has 44 valence electrons. The molecule has 0 aromatic carbocycles. The van der Waals surface area contributed by atoms with Crippen LogP contribution in [-0.4, -0.2) is 0 Å². The maximum absolute atomic E-state index is 8.19. The van der Waals surface area contributed by atoms with Crippen molar-refractivity contribution >= 4 is 12.6 Å². The molecule has 0 spiro atoms. The molecule has 0 bridgehead atoms. The zero-order valence-electron chi connectivity index (χ0n) is 4.63. The lowest BCUT2D eigenvalue weighted by Crippen LogP contribution is -1.88. The molecule has 3 heteroatoms. The fourth-order valence-electron chi connectivity index (χ4n) is 0.268. The Hall–Kier alpha value is -1.11. The quantitative estimate of drug-likeness (QED) is 0.430. The van der Waals surface area contributed by atoms with Crippen LogP contribution < -0.4 is 0 Å². The standard InChI is InChI=1S/C6H4N2S/c7-4-6(5-8)2-1-3-9/h6,9H,2H2. The highest BCUT2D eigenvalue weighted by Gasteiger charge is 1.99. The van der Waals surface area contributed by atoms with Crippen molar-refractivity contribution in [3.05, 3.63) is 0 Å². The van der Waals surface area contributed by atoms with E-state index in [1.165, 1.54) is 0 Å². The van der Waals surface area contributed by atoms with E-state index in [1.54, 1.807) is 12.1 Å². The Morgan fingerprint density at radius 1 is 1.33 bits per heavy atom. The van der Waals surface area contributed by atoms with Crippen LogP contribution in [0.2, 0.25) is 0 Å². The molecule has 0 radical (unpaired) electrons. The Bertz CT molecular complexity index is 196. The summed E-state index contributed by atoms with van der Waals surface area (Å²) in [5.41, 5.74) is 0. The van der Waals surface area contributed by atoms with Crippen LogP contribution in [0, 0.1) is 39.8 Å². The first-order chi connectivity index (χ1) is 4.35. The highest BCUT2D eigenvalue weighted by Crippen LogP contribution is 1.96. The summed E-state index contributed by atoms with van der Waals surface area (Å²) < 4.78 is 0. The molecule has 0 rings (SSSR count). The van der Waals surface area contributed by atoms with Crippen LogP contribution in [-0.2, 0) is 0 Å². The number of hydrogen-bond acceptors (Lipinski definition) is 3. The predicted octanol–water partition coefficient (Wildman–Crippen LogP) is 0.931. The van der Waals surface area contributed by atoms with Crippen LogP contribution >= 0.6 is 12.6 Å². The Morgan fingerprint density at radius 2 is 1.89 bits per heavy atom. The van der Waals surface area contributed by atoms with Gasteiger partial charge in [-0.05, 0) is 5.25 Å². The summed E-state index contributed by atoms with van der Waals surface area (Å²) in [5.74, 6) is 1.91. The van der Waals surface area contributed by atoms with Crippen LogP contribution in [0.5, 0.6) is 0 Å². The van der Waals surface area contributed by atoms with Crippen molar-refractivity contribution in [1.82, 2.24) is 0 Å². The topological polar surface area (TPSA) is 47.6 Å². The van der Waals surface area contributed by atoms with Crippen molar-refractivity contribution in [3.8, 4) is 23.3 Å². The van der Waals surface area contributed by atoms with Crippen LogP contribution in [0.4, 0.5) is 0 Å². The second kappa shape index (κ2) is 5.04. The average Bonchev–Trinajstić information content (AvgIpc) is 1.91. The predicted molar refractivity (Wildman–Crippen MR) is 36.1 cm³/mol. The van der Waals surface area contributed by atoms with Crippen molar-refractivity contribution in [2.75, 3.05) is 0 Å². The molecular formula is C6H4N2S. The van der Waals surface area contributed by atoms with Gasteiger partial charge in [0, 0.05) is 6.42 Å². The number of thiol groups is 1. The first-order valence-corrected chi connectivity index (χ1v) is 2.71. The number of rotatable bonds is 1. The third-order valence-corrected chi connectivity index (χ3v) is 0.855. The minimum absolute atomic E-state index is 0.288. The molecule has 0 aliphatic carbocycles. The molecule has 0 aliphatic rings. The van der Waals surface area contributed by atoms with Gasteiger partial charge < -0.3 is 0 Å². The van der Waals surface area contributed by atoms with E-state index in [4.69, 9.17) is 10.5 Å². The number of hydrogen-bond donors (Lipinski definition) is 1. The van der Waals surface area contributed by atoms with E-state index in [-0.39, 0.29) is 6.42 Å². The summed E-state index contributed by atoms with van der Waals surface area (Å²) in [5, 5.41) is 18.7. The molecule has 0 atom stereocenters. The monoisotopic (exact) mass is 136 g/mol. The van der Waals surface area contributed by atoms with Gasteiger partial charge >= 0.3 is 0 Å². The van der Waals surface area contributed by atoms with E-state index in [0.29, 0.717) is 0 Å². The summed E-state index contributed by atoms with van der Waals surface area (Å²) in [7, 11) is 0. The molecule has 2 nitrogen and oxygen atoms in total. The molecule has 9 heavy (non-hydrogen) atoms. The Morgan fingerprint density at radius 3 is 2.22 bits per heavy atom. The molecule has 0 aromatic heterocycles. The van der Waals surface area contributed by atoms with Gasteiger partial charge in [0.25, 0.3) is 0 Å². The third kappa shape index (κ3) is 3.47. The summed E-state index contributed by atoms with van der Waals surface area (Å²) in [4.78, 5) is 0. The van der Waals surface area contributed by atoms with Crippen molar-refractivity contribution in [2.45, 2.75) is 6.42 Å². The zero-order valence-corrected chi connectivity index (χ0v) is 5.52. The van der Waals surface area contributed by atoms with Crippen molar-refractivity contribution in [3.63, 3.8) is 0 Å². The van der Waals surface area contributed by atoms with Gasteiger partial charge in [-0.25, -0.2) is 0 Å². The van der Waals surface area contributed by atoms with Gasteiger partial charge in [-0.2, -0.15) is 10.5 Å². The van der Waals surface area contributed by atoms with Gasteiger partial charge in [0.2, 0.25) is 0 Å². The van der Waals surface area contributed by atoms with Crippen molar-refractivity contribution in [2.24, 2.45) is 5.92 Å². The van der Waals surface area contributed by atoms with Gasteiger partial charge in [0.05, 0.1) is 12.1 Å². The molecule has 0 saturated heterocycles. The zero-order chi connectivity index (χ0) is 7.11. The lowest BCUT2D eigenvalue weighted by molar-refractivity contribution is 0.883. The minimum atomic E-state index is -0.607. The Balaban J connectivity index is 3.73. The minimum Gasteiger partial charge on any atom is -0.197 e. The van der Waals surface area contributed by atoms with Gasteiger partial charge in [-0.1, -0.05) is 18.5 Å². The maximum Gasteiger partial charge on any atom is 0.144 e. The molecular weight excluding hydrogens is 132 g/mol. The SMILES string of the molecule is N#CC(C#N)CC#CS. The lowest BCUT2D eigenvalue weighted by Gasteiger charge is -1.84. The molecule has 0 amide bonds. The molecule has 0 aromatic rings. The summed E-state index contributed by atoms with van der Waals surface area (Å²) in [6.45, 7) is 0. The second-order valence-corrected chi connectivity index (χ2v) is 1.53. The van der Waals surface area contributed by atoms with Gasteiger partial charge in [-0.3, -0.25) is 0 Å². The van der Waals surface area contributed by atoms with E-state index >= 15 is 0 Å². The molecule has 0 fully saturated rings. The van der Waals surface area contributed by atoms with Crippen LogP contribution in [0.15, 0.2) is 0 Å². The van der Waals surface area contributed by atoms with Gasteiger partial charge in [-0.15, -0.1) is 0 Å². The number of nitrogens with zero attached hydrogens (tertiary/aromatic N) is 2. The van der Waals surface area contributed by atoms with E-state index < -0.39 is 5.92 Å². The van der Waals surface area contributed by atoms with E-state index in [9.17, 15) is 0 Å². The van der Waals surface area contributed by atoms with E-state index in [1.807, 2.05) is 0 Å². The molecule has 0 N–H and O–H groups in total. The Kier molecular flexibility index (Phi) is 4.41. The third-order valence-electron chi connectivity index (χ3n) is 0.697. The summed E-state index contributed by atoms with van der Waals surface area (Å²) in [6, 6.07) is 3.58. The van der Waals surface area contributed by atoms with Crippen LogP contribution in [0.1, 0.15) is 6.42 Å². The normalized spacial score (nSPS) is 6.67. The van der Waals surface area contributed by atoms with Gasteiger partial charge in [0.15, 0.2) is 0 Å². The number of nitriles is 2. The van der Waals surface area contributed by atoms with E-state index in [0.717, 1.165) is 0 Å². The molecule has 0 saturated carbocycles. The highest BCUT2D eigenvalue weighted by molar-refractivity contribution is 7.85. The fraction of sp³-hybridized carbons (Fsp3) is 0.333. The molecule has 0 heterocycles. The fourth-order valence-corrected chi connectivity index (χ4v) is 0.359. The van der Waals surface area contributed by atoms with Crippen LogP contribution in [0.25, 0.3) is 0 Å². The van der Waals surface area contributed by atoms with Crippen LogP contribution in [0.3, 0.4) is 0 Å². The molecule has 0 unspecified atom stereocenters.